The van der Waals surface area contributed by atoms with Gasteiger partial charge in [-0.05, 0) is 36.4 Å². The molecule has 27 heavy (non-hydrogen) atoms. The molecule has 0 saturated carbocycles. The van der Waals surface area contributed by atoms with Gasteiger partial charge in [0.2, 0.25) is 5.82 Å². The SMILES string of the molecule is COc1cccc(-c2cc(-c3nc(-c4cc(Cl)ccc4OC)no3)[nH]n2)c1. The normalized spacial score (nSPS) is 10.8. The molecule has 2 aromatic heterocycles. The van der Waals surface area contributed by atoms with Crippen LogP contribution in [0.25, 0.3) is 34.2 Å². The van der Waals surface area contributed by atoms with Crippen molar-refractivity contribution in [3.05, 3.63) is 53.6 Å². The van der Waals surface area contributed by atoms with Crippen LogP contribution in [0.1, 0.15) is 0 Å². The summed E-state index contributed by atoms with van der Waals surface area (Å²) in [5.41, 5.74) is 2.90. The van der Waals surface area contributed by atoms with E-state index in [0.29, 0.717) is 33.7 Å². The van der Waals surface area contributed by atoms with E-state index in [4.69, 9.17) is 25.6 Å². The van der Waals surface area contributed by atoms with Crippen molar-refractivity contribution in [1.82, 2.24) is 20.3 Å². The second kappa shape index (κ2) is 7.13. The summed E-state index contributed by atoms with van der Waals surface area (Å²) in [6, 6.07) is 14.7. The van der Waals surface area contributed by atoms with Crippen LogP contribution in [0.15, 0.2) is 53.1 Å². The molecule has 2 aromatic carbocycles. The Kier molecular flexibility index (Phi) is 4.52. The number of hydrogen-bond donors (Lipinski definition) is 1. The number of hydrogen-bond acceptors (Lipinski definition) is 6. The summed E-state index contributed by atoms with van der Waals surface area (Å²) < 4.78 is 16.0. The van der Waals surface area contributed by atoms with Crippen LogP contribution in [0.3, 0.4) is 0 Å². The van der Waals surface area contributed by atoms with Crippen LogP contribution in [0.5, 0.6) is 11.5 Å². The topological polar surface area (TPSA) is 86.1 Å². The zero-order chi connectivity index (χ0) is 18.8. The van der Waals surface area contributed by atoms with Crippen molar-refractivity contribution in [2.24, 2.45) is 0 Å². The Morgan fingerprint density at radius 3 is 2.74 bits per heavy atom. The van der Waals surface area contributed by atoms with E-state index in [1.54, 1.807) is 32.4 Å². The largest absolute Gasteiger partial charge is 0.497 e. The van der Waals surface area contributed by atoms with E-state index < -0.39 is 0 Å². The molecule has 0 spiro atoms. The molecule has 1 N–H and O–H groups in total. The van der Waals surface area contributed by atoms with Gasteiger partial charge >= 0.3 is 0 Å². The Balaban J connectivity index is 1.67. The maximum absolute atomic E-state index is 6.08. The van der Waals surface area contributed by atoms with Crippen molar-refractivity contribution in [2.75, 3.05) is 14.2 Å². The number of nitrogens with one attached hydrogen (secondary N) is 1. The fourth-order valence-corrected chi connectivity index (χ4v) is 2.83. The van der Waals surface area contributed by atoms with Gasteiger partial charge in [-0.3, -0.25) is 5.10 Å². The van der Waals surface area contributed by atoms with Crippen LogP contribution in [0.2, 0.25) is 5.02 Å². The number of benzene rings is 2. The molecular formula is C19H15ClN4O3. The third-order valence-corrected chi connectivity index (χ3v) is 4.24. The van der Waals surface area contributed by atoms with Gasteiger partial charge in [-0.1, -0.05) is 28.9 Å². The van der Waals surface area contributed by atoms with Crippen molar-refractivity contribution in [2.45, 2.75) is 0 Å². The average molecular weight is 383 g/mol. The Morgan fingerprint density at radius 2 is 1.93 bits per heavy atom. The van der Waals surface area contributed by atoms with Crippen molar-refractivity contribution in [1.29, 1.82) is 0 Å². The average Bonchev–Trinajstić information content (AvgIpc) is 3.37. The highest BCUT2D eigenvalue weighted by atomic mass is 35.5. The highest BCUT2D eigenvalue weighted by Crippen LogP contribution is 2.32. The molecule has 0 bridgehead atoms. The number of rotatable bonds is 5. The first kappa shape index (κ1) is 17.1. The monoisotopic (exact) mass is 382 g/mol. The zero-order valence-corrected chi connectivity index (χ0v) is 15.3. The maximum Gasteiger partial charge on any atom is 0.276 e. The molecule has 0 saturated heterocycles. The minimum atomic E-state index is 0.314. The lowest BCUT2D eigenvalue weighted by Gasteiger charge is -2.04. The summed E-state index contributed by atoms with van der Waals surface area (Å²) in [4.78, 5) is 4.43. The summed E-state index contributed by atoms with van der Waals surface area (Å²) in [6.45, 7) is 0. The lowest BCUT2D eigenvalue weighted by molar-refractivity contribution is 0.413. The molecule has 0 amide bonds. The van der Waals surface area contributed by atoms with Crippen LogP contribution < -0.4 is 9.47 Å². The summed E-state index contributed by atoms with van der Waals surface area (Å²) in [7, 11) is 3.20. The van der Waals surface area contributed by atoms with E-state index in [-0.39, 0.29) is 0 Å². The second-order valence-corrected chi connectivity index (χ2v) is 6.10. The predicted octanol–water partition coefficient (Wildman–Crippen LogP) is 4.46. The predicted molar refractivity (Wildman–Crippen MR) is 101 cm³/mol. The second-order valence-electron chi connectivity index (χ2n) is 5.67. The number of halogens is 1. The molecule has 0 aliphatic carbocycles. The number of aromatic amines is 1. The van der Waals surface area contributed by atoms with Crippen LogP contribution in [-0.4, -0.2) is 34.6 Å². The fourth-order valence-electron chi connectivity index (χ4n) is 2.66. The Morgan fingerprint density at radius 1 is 1.04 bits per heavy atom. The molecule has 0 aliphatic rings. The molecule has 136 valence electrons. The third-order valence-electron chi connectivity index (χ3n) is 4.00. The summed E-state index contributed by atoms with van der Waals surface area (Å²) in [6.07, 6.45) is 0. The van der Waals surface area contributed by atoms with Gasteiger partial charge in [-0.15, -0.1) is 0 Å². The van der Waals surface area contributed by atoms with E-state index in [0.717, 1.165) is 17.0 Å². The minimum Gasteiger partial charge on any atom is -0.497 e. The van der Waals surface area contributed by atoms with Crippen LogP contribution >= 0.6 is 11.6 Å². The van der Waals surface area contributed by atoms with Gasteiger partial charge in [0.05, 0.1) is 25.5 Å². The number of methoxy groups -OCH3 is 2. The van der Waals surface area contributed by atoms with Crippen molar-refractivity contribution in [3.8, 4) is 45.7 Å². The third kappa shape index (κ3) is 3.37. The minimum absolute atomic E-state index is 0.314. The first-order valence-corrected chi connectivity index (χ1v) is 8.43. The molecule has 0 radical (unpaired) electrons. The Bertz CT molecular complexity index is 1090. The molecule has 0 unspecified atom stereocenters. The maximum atomic E-state index is 6.08. The number of nitrogens with zero attached hydrogens (tertiary/aromatic N) is 3. The van der Waals surface area contributed by atoms with E-state index in [2.05, 4.69) is 20.3 Å². The highest BCUT2D eigenvalue weighted by Gasteiger charge is 2.17. The lowest BCUT2D eigenvalue weighted by atomic mass is 10.1. The summed E-state index contributed by atoms with van der Waals surface area (Å²) in [5, 5.41) is 11.8. The zero-order valence-electron chi connectivity index (χ0n) is 14.6. The van der Waals surface area contributed by atoms with Gasteiger partial charge in [0.15, 0.2) is 0 Å². The van der Waals surface area contributed by atoms with Gasteiger partial charge in [-0.2, -0.15) is 10.1 Å². The number of ether oxygens (including phenoxy) is 2. The number of aromatic nitrogens is 4. The summed E-state index contributed by atoms with van der Waals surface area (Å²) in [5.74, 6) is 2.05. The van der Waals surface area contributed by atoms with Crippen molar-refractivity contribution >= 4 is 11.6 Å². The molecule has 8 heteroatoms. The summed E-state index contributed by atoms with van der Waals surface area (Å²) >= 11 is 6.08. The first-order valence-electron chi connectivity index (χ1n) is 8.06. The Hall–Kier alpha value is -3.32. The highest BCUT2D eigenvalue weighted by molar-refractivity contribution is 6.30. The van der Waals surface area contributed by atoms with Gasteiger partial charge < -0.3 is 14.0 Å². The van der Waals surface area contributed by atoms with Gasteiger partial charge in [0, 0.05) is 10.6 Å². The quantitative estimate of drug-likeness (QED) is 0.548. The molecule has 0 fully saturated rings. The molecule has 4 aromatic rings. The van der Waals surface area contributed by atoms with E-state index in [1.807, 2.05) is 30.3 Å². The molecule has 2 heterocycles. The smallest absolute Gasteiger partial charge is 0.276 e. The number of H-pyrrole nitrogens is 1. The van der Waals surface area contributed by atoms with Gasteiger partial charge in [0.1, 0.15) is 17.2 Å². The lowest BCUT2D eigenvalue weighted by Crippen LogP contribution is -1.89. The standard InChI is InChI=1S/C19H15ClN4O3/c1-25-13-5-3-4-11(8-13)15-10-16(23-22-15)19-21-18(24-27-19)14-9-12(20)6-7-17(14)26-2/h3-10H,1-2H3,(H,22,23). The first-order chi connectivity index (χ1) is 13.2. The van der Waals surface area contributed by atoms with Crippen LogP contribution in [0.4, 0.5) is 0 Å². The molecule has 0 aliphatic heterocycles. The Labute approximate surface area is 159 Å². The van der Waals surface area contributed by atoms with E-state index >= 15 is 0 Å². The molecular weight excluding hydrogens is 368 g/mol. The molecule has 4 rings (SSSR count). The van der Waals surface area contributed by atoms with Crippen LogP contribution in [0, 0.1) is 0 Å². The van der Waals surface area contributed by atoms with E-state index in [1.165, 1.54) is 0 Å². The van der Waals surface area contributed by atoms with Crippen LogP contribution in [-0.2, 0) is 0 Å². The van der Waals surface area contributed by atoms with Gasteiger partial charge in [0.25, 0.3) is 5.89 Å². The molecule has 0 atom stereocenters. The molecule has 7 nitrogen and oxygen atoms in total. The van der Waals surface area contributed by atoms with Crippen molar-refractivity contribution in [3.63, 3.8) is 0 Å². The van der Waals surface area contributed by atoms with E-state index in [9.17, 15) is 0 Å². The van der Waals surface area contributed by atoms with Crippen molar-refractivity contribution < 1.29 is 14.0 Å². The van der Waals surface area contributed by atoms with Gasteiger partial charge in [-0.25, -0.2) is 0 Å². The fraction of sp³-hybridized carbons (Fsp3) is 0.105.